The minimum Gasteiger partial charge on any atom is -0.410 e. The molecule has 2 aromatic rings. The molecule has 0 aliphatic rings. The molecule has 0 heterocycles. The van der Waals surface area contributed by atoms with Crippen molar-refractivity contribution in [1.82, 2.24) is 0 Å². The van der Waals surface area contributed by atoms with Crippen LogP contribution in [0.1, 0.15) is 0 Å². The number of anilines is 1. The Balaban J connectivity index is 2.01. The van der Waals surface area contributed by atoms with Gasteiger partial charge in [0.15, 0.2) is 0 Å². The van der Waals surface area contributed by atoms with E-state index >= 15 is 0 Å². The van der Waals surface area contributed by atoms with E-state index in [1.807, 2.05) is 6.07 Å². The van der Waals surface area contributed by atoms with Gasteiger partial charge >= 0.3 is 6.09 Å². The van der Waals surface area contributed by atoms with Gasteiger partial charge in [-0.15, -0.1) is 0 Å². The summed E-state index contributed by atoms with van der Waals surface area (Å²) in [6.45, 7) is 0. The lowest BCUT2D eigenvalue weighted by molar-refractivity contribution is 0.215. The first-order valence-corrected chi connectivity index (χ1v) is 5.89. The summed E-state index contributed by atoms with van der Waals surface area (Å²) < 4.78 is 5.06. The Bertz CT molecular complexity index is 558. The lowest BCUT2D eigenvalue weighted by Crippen LogP contribution is -2.16. The first kappa shape index (κ1) is 12.7. The normalized spacial score (nSPS) is 9.89. The molecule has 3 nitrogen and oxygen atoms in total. The van der Waals surface area contributed by atoms with Crippen molar-refractivity contribution in [2.75, 3.05) is 5.32 Å². The number of amides is 1. The van der Waals surface area contributed by atoms with Crippen LogP contribution in [0.15, 0.2) is 48.5 Å². The highest BCUT2D eigenvalue weighted by molar-refractivity contribution is 6.42. The Morgan fingerprint density at radius 3 is 2.39 bits per heavy atom. The van der Waals surface area contributed by atoms with Gasteiger partial charge in [0.2, 0.25) is 0 Å². The molecule has 0 saturated carbocycles. The first-order chi connectivity index (χ1) is 8.65. The number of hydrogen-bond donors (Lipinski definition) is 1. The molecular formula is C13H9Cl2NO2. The van der Waals surface area contributed by atoms with Gasteiger partial charge in [-0.3, -0.25) is 5.32 Å². The molecule has 0 atom stereocenters. The number of carbonyl (C=O) groups excluding carboxylic acids is 1. The fourth-order valence-corrected chi connectivity index (χ4v) is 1.61. The number of ether oxygens (including phenoxy) is 1. The van der Waals surface area contributed by atoms with Crippen molar-refractivity contribution in [3.8, 4) is 5.75 Å². The molecule has 0 unspecified atom stereocenters. The van der Waals surface area contributed by atoms with Gasteiger partial charge in [-0.2, -0.15) is 0 Å². The van der Waals surface area contributed by atoms with Crippen LogP contribution in [0.25, 0.3) is 0 Å². The average molecular weight is 282 g/mol. The predicted octanol–water partition coefficient (Wildman–Crippen LogP) is 4.60. The number of halogens is 2. The van der Waals surface area contributed by atoms with Crippen molar-refractivity contribution in [3.63, 3.8) is 0 Å². The molecule has 0 spiro atoms. The van der Waals surface area contributed by atoms with Gasteiger partial charge in [-0.25, -0.2) is 4.79 Å². The van der Waals surface area contributed by atoms with E-state index in [9.17, 15) is 4.79 Å². The molecule has 1 amide bonds. The van der Waals surface area contributed by atoms with E-state index in [1.165, 1.54) is 0 Å². The van der Waals surface area contributed by atoms with Crippen LogP contribution in [0.4, 0.5) is 10.5 Å². The second kappa shape index (κ2) is 5.76. The van der Waals surface area contributed by atoms with E-state index < -0.39 is 6.09 Å². The summed E-state index contributed by atoms with van der Waals surface area (Å²) in [7, 11) is 0. The Hall–Kier alpha value is -1.71. The Morgan fingerprint density at radius 1 is 1.00 bits per heavy atom. The highest BCUT2D eigenvalue weighted by Gasteiger charge is 2.06. The first-order valence-electron chi connectivity index (χ1n) is 5.14. The van der Waals surface area contributed by atoms with Crippen LogP contribution in [0.5, 0.6) is 5.75 Å². The summed E-state index contributed by atoms with van der Waals surface area (Å²) in [6, 6.07) is 13.6. The van der Waals surface area contributed by atoms with E-state index in [4.69, 9.17) is 27.9 Å². The standard InChI is InChI=1S/C13H9Cl2NO2/c14-11-7-6-9(8-12(11)15)16-13(17)18-10-4-2-1-3-5-10/h1-8H,(H,16,17). The van der Waals surface area contributed by atoms with Crippen molar-refractivity contribution in [2.45, 2.75) is 0 Å². The zero-order valence-corrected chi connectivity index (χ0v) is 10.7. The van der Waals surface area contributed by atoms with Crippen molar-refractivity contribution in [1.29, 1.82) is 0 Å². The van der Waals surface area contributed by atoms with Gasteiger partial charge in [-0.05, 0) is 30.3 Å². The summed E-state index contributed by atoms with van der Waals surface area (Å²) in [5.74, 6) is 0.468. The lowest BCUT2D eigenvalue weighted by Gasteiger charge is -2.07. The van der Waals surface area contributed by atoms with Crippen LogP contribution in [0, 0.1) is 0 Å². The van der Waals surface area contributed by atoms with E-state index in [0.717, 1.165) is 0 Å². The van der Waals surface area contributed by atoms with Gasteiger partial charge in [-0.1, -0.05) is 41.4 Å². The fourth-order valence-electron chi connectivity index (χ4n) is 1.31. The van der Waals surface area contributed by atoms with Crippen molar-refractivity contribution in [3.05, 3.63) is 58.6 Å². The molecule has 0 aromatic heterocycles. The Kier molecular flexibility index (Phi) is 4.07. The molecule has 0 saturated heterocycles. The van der Waals surface area contributed by atoms with E-state index in [-0.39, 0.29) is 0 Å². The van der Waals surface area contributed by atoms with Crippen LogP contribution >= 0.6 is 23.2 Å². The third-order valence-corrected chi connectivity index (χ3v) is 2.86. The van der Waals surface area contributed by atoms with Crippen molar-refractivity contribution >= 4 is 35.0 Å². The maximum atomic E-state index is 11.6. The number of nitrogens with one attached hydrogen (secondary N) is 1. The summed E-state index contributed by atoms with van der Waals surface area (Å²) in [5, 5.41) is 3.35. The topological polar surface area (TPSA) is 38.3 Å². The number of benzene rings is 2. The van der Waals surface area contributed by atoms with E-state index in [2.05, 4.69) is 5.32 Å². The number of carbonyl (C=O) groups is 1. The highest BCUT2D eigenvalue weighted by Crippen LogP contribution is 2.25. The average Bonchev–Trinajstić information content (AvgIpc) is 2.35. The summed E-state index contributed by atoms with van der Waals surface area (Å²) in [4.78, 5) is 11.6. The highest BCUT2D eigenvalue weighted by atomic mass is 35.5. The van der Waals surface area contributed by atoms with Crippen molar-refractivity contribution in [2.24, 2.45) is 0 Å². The molecule has 18 heavy (non-hydrogen) atoms. The second-order valence-electron chi connectivity index (χ2n) is 3.46. The zero-order chi connectivity index (χ0) is 13.0. The quantitative estimate of drug-likeness (QED) is 0.873. The molecule has 2 rings (SSSR count). The van der Waals surface area contributed by atoms with Crippen LogP contribution in [0.2, 0.25) is 10.0 Å². The minimum absolute atomic E-state index is 0.370. The molecule has 1 N–H and O–H groups in total. The number of hydrogen-bond acceptors (Lipinski definition) is 2. The van der Waals surface area contributed by atoms with Gasteiger partial charge < -0.3 is 4.74 Å². The number of rotatable bonds is 2. The van der Waals surface area contributed by atoms with E-state index in [1.54, 1.807) is 42.5 Å². The summed E-state index contributed by atoms with van der Waals surface area (Å²) in [6.07, 6.45) is -0.584. The smallest absolute Gasteiger partial charge is 0.410 e. The van der Waals surface area contributed by atoms with Gasteiger partial charge in [0.1, 0.15) is 5.75 Å². The van der Waals surface area contributed by atoms with Crippen molar-refractivity contribution < 1.29 is 9.53 Å². The Labute approximate surface area is 114 Å². The molecular weight excluding hydrogens is 273 g/mol. The summed E-state index contributed by atoms with van der Waals surface area (Å²) in [5.41, 5.74) is 0.519. The molecule has 0 aliphatic heterocycles. The van der Waals surface area contributed by atoms with Gasteiger partial charge in [0, 0.05) is 5.69 Å². The Morgan fingerprint density at radius 2 is 1.72 bits per heavy atom. The lowest BCUT2D eigenvalue weighted by atomic mass is 10.3. The van der Waals surface area contributed by atoms with E-state index in [0.29, 0.717) is 21.5 Å². The molecule has 0 fully saturated rings. The largest absolute Gasteiger partial charge is 0.417 e. The fraction of sp³-hybridized carbons (Fsp3) is 0. The molecule has 0 bridgehead atoms. The maximum Gasteiger partial charge on any atom is 0.417 e. The molecule has 5 heteroatoms. The van der Waals surface area contributed by atoms with Gasteiger partial charge in [0.05, 0.1) is 10.0 Å². The maximum absolute atomic E-state index is 11.6. The van der Waals surface area contributed by atoms with Crippen LogP contribution in [-0.2, 0) is 0 Å². The van der Waals surface area contributed by atoms with Crippen LogP contribution < -0.4 is 10.1 Å². The second-order valence-corrected chi connectivity index (χ2v) is 4.27. The monoisotopic (exact) mass is 281 g/mol. The zero-order valence-electron chi connectivity index (χ0n) is 9.19. The van der Waals surface area contributed by atoms with Gasteiger partial charge in [0.25, 0.3) is 0 Å². The number of para-hydroxylation sites is 1. The molecule has 0 radical (unpaired) electrons. The molecule has 0 aliphatic carbocycles. The third-order valence-electron chi connectivity index (χ3n) is 2.12. The van der Waals surface area contributed by atoms with Crippen LogP contribution in [0.3, 0.4) is 0 Å². The summed E-state index contributed by atoms with van der Waals surface area (Å²) >= 11 is 11.6. The minimum atomic E-state index is -0.584. The molecule has 92 valence electrons. The van der Waals surface area contributed by atoms with Crippen LogP contribution in [-0.4, -0.2) is 6.09 Å². The SMILES string of the molecule is O=C(Nc1ccc(Cl)c(Cl)c1)Oc1ccccc1. The molecule has 2 aromatic carbocycles. The third kappa shape index (κ3) is 3.39. The predicted molar refractivity (Wildman–Crippen MR) is 72.6 cm³/mol.